The summed E-state index contributed by atoms with van der Waals surface area (Å²) < 4.78 is 0. The van der Waals surface area contributed by atoms with Crippen LogP contribution in [0.5, 0.6) is 0 Å². The van der Waals surface area contributed by atoms with Crippen LogP contribution in [0.15, 0.2) is 28.7 Å². The number of thiophene rings is 1. The van der Waals surface area contributed by atoms with Crippen LogP contribution in [-0.4, -0.2) is 23.5 Å². The van der Waals surface area contributed by atoms with Crippen molar-refractivity contribution in [2.45, 2.75) is 20.3 Å². The Labute approximate surface area is 104 Å². The zero-order valence-electron chi connectivity index (χ0n) is 9.82. The van der Waals surface area contributed by atoms with E-state index in [1.165, 1.54) is 18.7 Å². The molecule has 1 heterocycles. The number of hydrogen-bond acceptors (Lipinski definition) is 3. The average Bonchev–Trinajstić information content (AvgIpc) is 2.79. The van der Waals surface area contributed by atoms with Gasteiger partial charge in [0.1, 0.15) is 0 Å². The normalized spacial score (nSPS) is 11.9. The molecule has 1 rings (SSSR count). The van der Waals surface area contributed by atoms with Gasteiger partial charge < -0.3 is 10.4 Å². The van der Waals surface area contributed by atoms with Crippen molar-refractivity contribution in [2.24, 2.45) is 0 Å². The van der Waals surface area contributed by atoms with E-state index in [1.807, 2.05) is 17.5 Å². The van der Waals surface area contributed by atoms with Crippen LogP contribution in [0.1, 0.15) is 18.7 Å². The van der Waals surface area contributed by atoms with E-state index in [0.717, 1.165) is 6.42 Å². The van der Waals surface area contributed by atoms with Crippen LogP contribution in [0.4, 0.5) is 0 Å². The number of carbonyl (C=O) groups excluding carboxylic acids is 1. The average molecular weight is 253 g/mol. The van der Waals surface area contributed by atoms with E-state index >= 15 is 0 Å². The maximum atomic E-state index is 11.6. The molecule has 1 aromatic heterocycles. The van der Waals surface area contributed by atoms with E-state index in [0.29, 0.717) is 6.54 Å². The summed E-state index contributed by atoms with van der Waals surface area (Å²) in [5, 5.41) is 13.4. The fraction of sp³-hybridized carbons (Fsp3) is 0.333. The van der Waals surface area contributed by atoms with Gasteiger partial charge in [0.2, 0.25) is 5.91 Å². The monoisotopic (exact) mass is 253 g/mol. The number of carbonyl (C=O) groups is 2. The van der Waals surface area contributed by atoms with E-state index in [1.54, 1.807) is 11.3 Å². The lowest BCUT2D eigenvalue weighted by Gasteiger charge is -2.06. The van der Waals surface area contributed by atoms with Gasteiger partial charge in [-0.1, -0.05) is 6.07 Å². The first-order valence-electron chi connectivity index (χ1n) is 5.23. The summed E-state index contributed by atoms with van der Waals surface area (Å²) in [4.78, 5) is 23.5. The molecule has 1 aromatic rings. The summed E-state index contributed by atoms with van der Waals surface area (Å²) in [6.07, 6.45) is 0.767. The Morgan fingerprint density at radius 2 is 2.06 bits per heavy atom. The second kappa shape index (κ2) is 6.20. The second-order valence-electron chi connectivity index (χ2n) is 3.64. The van der Waals surface area contributed by atoms with Crippen molar-refractivity contribution < 1.29 is 14.7 Å². The molecule has 1 amide bonds. The van der Waals surface area contributed by atoms with Crippen LogP contribution in [0.3, 0.4) is 0 Å². The van der Waals surface area contributed by atoms with Crippen molar-refractivity contribution >= 4 is 23.2 Å². The van der Waals surface area contributed by atoms with Gasteiger partial charge in [0.05, 0.1) is 0 Å². The topological polar surface area (TPSA) is 66.4 Å². The summed E-state index contributed by atoms with van der Waals surface area (Å²) in [5.74, 6) is -1.38. The van der Waals surface area contributed by atoms with Crippen molar-refractivity contribution in [2.75, 3.05) is 6.54 Å². The molecule has 0 fully saturated rings. The first kappa shape index (κ1) is 13.4. The van der Waals surface area contributed by atoms with Crippen LogP contribution in [-0.2, 0) is 16.0 Å². The molecule has 0 radical (unpaired) electrons. The molecule has 0 aromatic carbocycles. The quantitative estimate of drug-likeness (QED) is 0.787. The van der Waals surface area contributed by atoms with Gasteiger partial charge in [-0.25, -0.2) is 4.79 Å². The Kier molecular flexibility index (Phi) is 4.90. The Bertz CT molecular complexity index is 435. The van der Waals surface area contributed by atoms with E-state index in [2.05, 4.69) is 5.32 Å². The smallest absolute Gasteiger partial charge is 0.331 e. The van der Waals surface area contributed by atoms with Crippen LogP contribution in [0.25, 0.3) is 0 Å². The van der Waals surface area contributed by atoms with E-state index < -0.39 is 5.97 Å². The number of hydrogen-bond donors (Lipinski definition) is 2. The third kappa shape index (κ3) is 4.03. The first-order chi connectivity index (χ1) is 8.02. The molecule has 2 N–H and O–H groups in total. The lowest BCUT2D eigenvalue weighted by Crippen LogP contribution is -2.27. The molecule has 0 saturated heterocycles. The molecule has 0 spiro atoms. The molecule has 5 heteroatoms. The van der Waals surface area contributed by atoms with E-state index in [9.17, 15) is 9.59 Å². The van der Waals surface area contributed by atoms with Gasteiger partial charge in [-0.15, -0.1) is 11.3 Å². The van der Waals surface area contributed by atoms with Crippen LogP contribution >= 0.6 is 11.3 Å². The third-order valence-corrected chi connectivity index (χ3v) is 3.40. The van der Waals surface area contributed by atoms with Gasteiger partial charge in [0.15, 0.2) is 0 Å². The molecule has 0 atom stereocenters. The Morgan fingerprint density at radius 3 is 2.59 bits per heavy atom. The fourth-order valence-corrected chi connectivity index (χ4v) is 1.93. The minimum Gasteiger partial charge on any atom is -0.478 e. The van der Waals surface area contributed by atoms with Crippen LogP contribution in [0.2, 0.25) is 0 Å². The SMILES string of the molecule is CC(C(=O)O)=C(C)C(=O)NCCc1cccs1. The first-order valence-corrected chi connectivity index (χ1v) is 6.11. The largest absolute Gasteiger partial charge is 0.478 e. The van der Waals surface area contributed by atoms with Gasteiger partial charge in [-0.2, -0.15) is 0 Å². The molecule has 0 unspecified atom stereocenters. The number of nitrogens with one attached hydrogen (secondary N) is 1. The van der Waals surface area contributed by atoms with Crippen molar-refractivity contribution in [3.05, 3.63) is 33.5 Å². The zero-order chi connectivity index (χ0) is 12.8. The van der Waals surface area contributed by atoms with Gasteiger partial charge in [-0.3, -0.25) is 4.79 Å². The predicted octanol–water partition coefficient (Wildman–Crippen LogP) is 1.83. The standard InChI is InChI=1S/C12H15NO3S/c1-8(9(2)12(15)16)11(14)13-6-5-10-4-3-7-17-10/h3-4,7H,5-6H2,1-2H3,(H,13,14)(H,15,16). The van der Waals surface area contributed by atoms with Crippen molar-refractivity contribution in [1.82, 2.24) is 5.32 Å². The highest BCUT2D eigenvalue weighted by Crippen LogP contribution is 2.08. The Morgan fingerprint density at radius 1 is 1.35 bits per heavy atom. The second-order valence-corrected chi connectivity index (χ2v) is 4.67. The summed E-state index contributed by atoms with van der Waals surface area (Å²) in [5.41, 5.74) is 0.335. The van der Waals surface area contributed by atoms with Crippen molar-refractivity contribution in [3.63, 3.8) is 0 Å². The van der Waals surface area contributed by atoms with Gasteiger partial charge in [0, 0.05) is 22.6 Å². The lowest BCUT2D eigenvalue weighted by molar-refractivity contribution is -0.133. The summed E-state index contributed by atoms with van der Waals surface area (Å²) >= 11 is 1.64. The van der Waals surface area contributed by atoms with Crippen LogP contribution < -0.4 is 5.32 Å². The molecule has 0 aliphatic carbocycles. The van der Waals surface area contributed by atoms with E-state index in [-0.39, 0.29) is 17.1 Å². The summed E-state index contributed by atoms with van der Waals surface area (Å²) in [6, 6.07) is 3.96. The summed E-state index contributed by atoms with van der Waals surface area (Å²) in [7, 11) is 0. The summed E-state index contributed by atoms with van der Waals surface area (Å²) in [6.45, 7) is 3.46. The fourth-order valence-electron chi connectivity index (χ4n) is 1.22. The maximum Gasteiger partial charge on any atom is 0.331 e. The van der Waals surface area contributed by atoms with Crippen molar-refractivity contribution in [3.8, 4) is 0 Å². The van der Waals surface area contributed by atoms with E-state index in [4.69, 9.17) is 5.11 Å². The number of carboxylic acid groups (broad SMARTS) is 1. The highest BCUT2D eigenvalue weighted by molar-refractivity contribution is 7.09. The molecular weight excluding hydrogens is 238 g/mol. The number of aliphatic carboxylic acids is 1. The van der Waals surface area contributed by atoms with Gasteiger partial charge in [-0.05, 0) is 31.7 Å². The highest BCUT2D eigenvalue weighted by Gasteiger charge is 2.11. The maximum absolute atomic E-state index is 11.6. The van der Waals surface area contributed by atoms with Crippen molar-refractivity contribution in [1.29, 1.82) is 0 Å². The molecular formula is C12H15NO3S. The molecule has 4 nitrogen and oxygen atoms in total. The molecule has 0 bridgehead atoms. The lowest BCUT2D eigenvalue weighted by atomic mass is 10.1. The molecule has 0 saturated carbocycles. The third-order valence-electron chi connectivity index (χ3n) is 2.46. The Hall–Kier alpha value is -1.62. The molecule has 17 heavy (non-hydrogen) atoms. The minimum absolute atomic E-state index is 0.0821. The molecule has 0 aliphatic heterocycles. The molecule has 92 valence electrons. The predicted molar refractivity (Wildman–Crippen MR) is 67.0 cm³/mol. The Balaban J connectivity index is 2.45. The minimum atomic E-state index is -1.06. The number of carboxylic acids is 1. The van der Waals surface area contributed by atoms with Gasteiger partial charge in [0.25, 0.3) is 0 Å². The van der Waals surface area contributed by atoms with Crippen LogP contribution in [0, 0.1) is 0 Å². The van der Waals surface area contributed by atoms with Gasteiger partial charge >= 0.3 is 5.97 Å². The zero-order valence-corrected chi connectivity index (χ0v) is 10.6. The number of amides is 1. The number of rotatable bonds is 5. The molecule has 0 aliphatic rings. The highest BCUT2D eigenvalue weighted by atomic mass is 32.1.